The summed E-state index contributed by atoms with van der Waals surface area (Å²) in [6.07, 6.45) is 5.99. The van der Waals surface area contributed by atoms with Crippen LogP contribution < -0.4 is 10.2 Å². The highest BCUT2D eigenvalue weighted by atomic mass is 19.2. The van der Waals surface area contributed by atoms with Crippen LogP contribution in [0.2, 0.25) is 0 Å². The van der Waals surface area contributed by atoms with Gasteiger partial charge in [0.05, 0.1) is 5.56 Å². The Kier molecular flexibility index (Phi) is 5.61. The number of carbonyl (C=O) groups is 1. The fraction of sp³-hybridized carbons (Fsp3) is 0.409. The average molecular weight is 456 g/mol. The number of halogens is 2. The van der Waals surface area contributed by atoms with Crippen molar-refractivity contribution in [2.24, 2.45) is 5.92 Å². The summed E-state index contributed by atoms with van der Waals surface area (Å²) in [4.78, 5) is 21.4. The number of piperidine rings is 1. The molecule has 1 aromatic carbocycles. The molecule has 2 aliphatic rings. The lowest BCUT2D eigenvalue weighted by Gasteiger charge is -2.29. The Hall–Kier alpha value is -3.63. The van der Waals surface area contributed by atoms with Gasteiger partial charge in [-0.25, -0.2) is 18.7 Å². The van der Waals surface area contributed by atoms with Gasteiger partial charge >= 0.3 is 12.0 Å². The zero-order chi connectivity index (χ0) is 22.9. The lowest BCUT2D eigenvalue weighted by Crippen LogP contribution is -2.34. The molecule has 0 saturated carbocycles. The maximum absolute atomic E-state index is 13.5. The maximum atomic E-state index is 13.5. The molecule has 9 nitrogen and oxygen atoms in total. The largest absolute Gasteiger partial charge is 0.481 e. The Morgan fingerprint density at radius 1 is 1.09 bits per heavy atom. The Morgan fingerprint density at radius 2 is 1.73 bits per heavy atom. The van der Waals surface area contributed by atoms with Crippen molar-refractivity contribution >= 4 is 17.9 Å². The van der Waals surface area contributed by atoms with Gasteiger partial charge in [-0.1, -0.05) is 5.10 Å². The van der Waals surface area contributed by atoms with Crippen molar-refractivity contribution in [1.29, 1.82) is 0 Å². The number of aromatic nitrogens is 4. The number of hydrogen-bond donors (Lipinski definition) is 2. The lowest BCUT2D eigenvalue weighted by atomic mass is 9.94. The Morgan fingerprint density at radius 3 is 2.33 bits per heavy atom. The molecule has 172 valence electrons. The molecule has 3 heterocycles. The number of anilines is 2. The lowest BCUT2D eigenvalue weighted by molar-refractivity contribution is -0.138. The number of nitrogens with one attached hydrogen (secondary N) is 1. The summed E-state index contributed by atoms with van der Waals surface area (Å²) >= 11 is 0. The van der Waals surface area contributed by atoms with Crippen LogP contribution in [0.25, 0.3) is 11.5 Å². The van der Waals surface area contributed by atoms with Crippen LogP contribution in [0.4, 0.5) is 20.7 Å². The molecule has 0 unspecified atom stereocenters. The molecule has 0 radical (unpaired) electrons. The standard InChI is InChI=1S/C22H22F2N6O3/c23-17-8-13-6-16(7-14(13)9-18(17)24)27-21-25-10-15(11-26-21)20-28-29-22(33-20)30-3-1-12(2-4-30)5-19(31)32/h8-12,16H,1-7H2,(H,31,32)(H,25,26,27). The van der Waals surface area contributed by atoms with Gasteiger partial charge in [0.15, 0.2) is 11.6 Å². The number of fused-ring (bicyclic) bond motifs is 1. The average Bonchev–Trinajstić information content (AvgIpc) is 3.42. The minimum atomic E-state index is -0.835. The molecule has 2 N–H and O–H groups in total. The zero-order valence-corrected chi connectivity index (χ0v) is 17.7. The Labute approximate surface area is 187 Å². The molecule has 0 spiro atoms. The van der Waals surface area contributed by atoms with Gasteiger partial charge < -0.3 is 19.7 Å². The SMILES string of the molecule is O=C(O)CC1CCN(c2nnc(-c3cnc(NC4Cc5cc(F)c(F)cc5C4)nc3)o2)CC1. The minimum Gasteiger partial charge on any atom is -0.481 e. The van der Waals surface area contributed by atoms with Crippen LogP contribution in [-0.4, -0.2) is 50.4 Å². The quantitative estimate of drug-likeness (QED) is 0.577. The van der Waals surface area contributed by atoms with E-state index < -0.39 is 17.6 Å². The number of hydrogen-bond acceptors (Lipinski definition) is 8. The summed E-state index contributed by atoms with van der Waals surface area (Å²) in [5.41, 5.74) is 2.14. The molecule has 0 atom stereocenters. The molecule has 33 heavy (non-hydrogen) atoms. The number of rotatable bonds is 6. The second-order valence-corrected chi connectivity index (χ2v) is 8.50. The first-order valence-electron chi connectivity index (χ1n) is 10.8. The van der Waals surface area contributed by atoms with Crippen molar-refractivity contribution in [2.75, 3.05) is 23.3 Å². The first-order chi connectivity index (χ1) is 15.9. The number of aliphatic carboxylic acids is 1. The highest BCUT2D eigenvalue weighted by Gasteiger charge is 2.26. The number of carboxylic acid groups (broad SMARTS) is 1. The highest BCUT2D eigenvalue weighted by Crippen LogP contribution is 2.28. The van der Waals surface area contributed by atoms with E-state index in [0.717, 1.165) is 24.0 Å². The van der Waals surface area contributed by atoms with Gasteiger partial charge in [0.25, 0.3) is 5.89 Å². The first kappa shape index (κ1) is 21.2. The Bertz CT molecular complexity index is 1130. The van der Waals surface area contributed by atoms with Crippen LogP contribution in [0.15, 0.2) is 28.9 Å². The second-order valence-electron chi connectivity index (χ2n) is 8.50. The van der Waals surface area contributed by atoms with Crippen LogP contribution in [0.5, 0.6) is 0 Å². The van der Waals surface area contributed by atoms with Crippen molar-refractivity contribution < 1.29 is 23.1 Å². The van der Waals surface area contributed by atoms with Crippen LogP contribution >= 0.6 is 0 Å². The predicted molar refractivity (Wildman–Crippen MR) is 114 cm³/mol. The van der Waals surface area contributed by atoms with Gasteiger partial charge in [-0.05, 0) is 54.9 Å². The molecule has 0 bridgehead atoms. The first-order valence-corrected chi connectivity index (χ1v) is 10.8. The molecular formula is C22H22F2N6O3. The molecular weight excluding hydrogens is 434 g/mol. The zero-order valence-electron chi connectivity index (χ0n) is 17.7. The van der Waals surface area contributed by atoms with Gasteiger partial charge in [0, 0.05) is 37.9 Å². The number of benzene rings is 1. The summed E-state index contributed by atoms with van der Waals surface area (Å²) in [6.45, 7) is 1.33. The number of carboxylic acids is 1. The van der Waals surface area contributed by atoms with Gasteiger partial charge in [-0.2, -0.15) is 0 Å². The predicted octanol–water partition coefficient (Wildman–Crippen LogP) is 3.08. The molecule has 1 fully saturated rings. The van der Waals surface area contributed by atoms with Crippen molar-refractivity contribution in [3.63, 3.8) is 0 Å². The van der Waals surface area contributed by atoms with Crippen LogP contribution in [0, 0.1) is 17.6 Å². The summed E-state index contributed by atoms with van der Waals surface area (Å²) in [6, 6.07) is 2.84. The van der Waals surface area contributed by atoms with E-state index in [1.165, 1.54) is 12.1 Å². The summed E-state index contributed by atoms with van der Waals surface area (Å²) in [7, 11) is 0. The summed E-state index contributed by atoms with van der Waals surface area (Å²) < 4.78 is 32.7. The topological polar surface area (TPSA) is 117 Å². The third kappa shape index (κ3) is 4.62. The molecule has 5 rings (SSSR count). The monoisotopic (exact) mass is 456 g/mol. The van der Waals surface area contributed by atoms with E-state index >= 15 is 0 Å². The van der Waals surface area contributed by atoms with E-state index in [1.807, 2.05) is 4.90 Å². The van der Waals surface area contributed by atoms with Crippen molar-refractivity contribution in [3.05, 3.63) is 47.3 Å². The summed E-state index contributed by atoms with van der Waals surface area (Å²) in [5.74, 6) is -1.58. The van der Waals surface area contributed by atoms with Gasteiger partial charge in [0.2, 0.25) is 5.95 Å². The molecule has 1 aliphatic carbocycles. The third-order valence-electron chi connectivity index (χ3n) is 6.17. The highest BCUT2D eigenvalue weighted by molar-refractivity contribution is 5.67. The fourth-order valence-electron chi connectivity index (χ4n) is 4.45. The van der Waals surface area contributed by atoms with Crippen LogP contribution in [0.3, 0.4) is 0 Å². The third-order valence-corrected chi connectivity index (χ3v) is 6.17. The smallest absolute Gasteiger partial charge is 0.318 e. The van der Waals surface area contributed by atoms with Crippen molar-refractivity contribution in [3.8, 4) is 11.5 Å². The molecule has 2 aromatic heterocycles. The fourth-order valence-corrected chi connectivity index (χ4v) is 4.45. The van der Waals surface area contributed by atoms with Crippen molar-refractivity contribution in [1.82, 2.24) is 20.2 Å². The van der Waals surface area contributed by atoms with E-state index in [2.05, 4.69) is 25.5 Å². The molecule has 0 amide bonds. The second kappa shape index (κ2) is 8.72. The molecule has 3 aromatic rings. The van der Waals surface area contributed by atoms with E-state index in [9.17, 15) is 13.6 Å². The summed E-state index contributed by atoms with van der Waals surface area (Å²) in [5, 5.41) is 20.3. The van der Waals surface area contributed by atoms with E-state index in [4.69, 9.17) is 9.52 Å². The number of nitrogens with zero attached hydrogens (tertiary/aromatic N) is 5. The Balaban J connectivity index is 1.19. The van der Waals surface area contributed by atoms with Crippen molar-refractivity contribution in [2.45, 2.75) is 38.1 Å². The van der Waals surface area contributed by atoms with Crippen LogP contribution in [0.1, 0.15) is 30.4 Å². The van der Waals surface area contributed by atoms with E-state index in [0.29, 0.717) is 49.3 Å². The molecule has 11 heteroatoms. The van der Waals surface area contributed by atoms with Gasteiger partial charge in [-0.15, -0.1) is 5.10 Å². The van der Waals surface area contributed by atoms with E-state index in [-0.39, 0.29) is 18.4 Å². The van der Waals surface area contributed by atoms with Gasteiger partial charge in [0.1, 0.15) is 0 Å². The maximum Gasteiger partial charge on any atom is 0.318 e. The van der Waals surface area contributed by atoms with E-state index in [1.54, 1.807) is 12.4 Å². The minimum absolute atomic E-state index is 0.0499. The molecule has 1 saturated heterocycles. The van der Waals surface area contributed by atoms with Crippen LogP contribution in [-0.2, 0) is 17.6 Å². The van der Waals surface area contributed by atoms with Gasteiger partial charge in [-0.3, -0.25) is 4.79 Å². The molecule has 1 aliphatic heterocycles. The normalized spacial score (nSPS) is 16.7.